The van der Waals surface area contributed by atoms with Gasteiger partial charge in [0.25, 0.3) is 5.91 Å². The third-order valence-corrected chi connectivity index (χ3v) is 11.0. The predicted octanol–water partition coefficient (Wildman–Crippen LogP) is 5.84. The molecule has 1 atom stereocenters. The standard InChI is InChI=1S/C27H34FN5O4Si/c1-27(2,3)38(4,5)37-14-13-35-21-11-9-18(10-12-21)32-26-29-16-22(28)24(33-26)30-19-7-6-8-20(15-19)31-25(34)23-17-36-23/h6-12,15-16,23H,13-14,17H2,1-5H3,(H,31,34)(H2,29,30,32,33). The molecule has 0 spiro atoms. The van der Waals surface area contributed by atoms with Crippen molar-refractivity contribution in [2.75, 3.05) is 35.8 Å². The summed E-state index contributed by atoms with van der Waals surface area (Å²) >= 11 is 0. The molecular weight excluding hydrogens is 505 g/mol. The minimum absolute atomic E-state index is 0.00168. The number of carbonyl (C=O) groups excluding carboxylic acids is 1. The molecule has 1 aromatic heterocycles. The van der Waals surface area contributed by atoms with Crippen LogP contribution in [-0.4, -0.2) is 50.1 Å². The maximum atomic E-state index is 14.4. The number of carbonyl (C=O) groups is 1. The van der Waals surface area contributed by atoms with Gasteiger partial charge in [-0.2, -0.15) is 4.98 Å². The first-order valence-corrected chi connectivity index (χ1v) is 15.4. The van der Waals surface area contributed by atoms with E-state index in [1.807, 2.05) is 24.3 Å². The van der Waals surface area contributed by atoms with Gasteiger partial charge in [0, 0.05) is 17.1 Å². The lowest BCUT2D eigenvalue weighted by Crippen LogP contribution is -2.41. The van der Waals surface area contributed by atoms with E-state index in [0.29, 0.717) is 31.2 Å². The highest BCUT2D eigenvalue weighted by Gasteiger charge is 2.37. The summed E-state index contributed by atoms with van der Waals surface area (Å²) in [5.74, 6) is 0.119. The summed E-state index contributed by atoms with van der Waals surface area (Å²) in [5.41, 5.74) is 1.85. The van der Waals surface area contributed by atoms with Gasteiger partial charge in [-0.15, -0.1) is 0 Å². The predicted molar refractivity (Wildman–Crippen MR) is 148 cm³/mol. The van der Waals surface area contributed by atoms with E-state index in [1.165, 1.54) is 0 Å². The van der Waals surface area contributed by atoms with Gasteiger partial charge in [-0.05, 0) is 60.6 Å². The summed E-state index contributed by atoms with van der Waals surface area (Å²) in [7, 11) is -1.80. The average molecular weight is 540 g/mol. The van der Waals surface area contributed by atoms with Crippen LogP contribution in [0.25, 0.3) is 0 Å². The first-order chi connectivity index (χ1) is 18.0. The van der Waals surface area contributed by atoms with E-state index in [2.05, 4.69) is 59.8 Å². The fourth-order valence-electron chi connectivity index (χ4n) is 3.19. The van der Waals surface area contributed by atoms with Gasteiger partial charge in [0.2, 0.25) is 5.95 Å². The van der Waals surface area contributed by atoms with Crippen LogP contribution in [0.4, 0.5) is 33.2 Å². The van der Waals surface area contributed by atoms with Crippen LogP contribution in [-0.2, 0) is 14.0 Å². The Morgan fingerprint density at radius 1 is 1.08 bits per heavy atom. The Bertz CT molecular complexity index is 1260. The largest absolute Gasteiger partial charge is 0.491 e. The molecule has 0 saturated carbocycles. The van der Waals surface area contributed by atoms with Crippen molar-refractivity contribution in [1.82, 2.24) is 9.97 Å². The van der Waals surface area contributed by atoms with Crippen LogP contribution in [0.15, 0.2) is 54.7 Å². The maximum Gasteiger partial charge on any atom is 0.255 e. The van der Waals surface area contributed by atoms with Gasteiger partial charge < -0.3 is 29.9 Å². The van der Waals surface area contributed by atoms with E-state index < -0.39 is 20.2 Å². The van der Waals surface area contributed by atoms with Crippen molar-refractivity contribution < 1.29 is 23.1 Å². The highest BCUT2D eigenvalue weighted by molar-refractivity contribution is 6.74. The number of benzene rings is 2. The van der Waals surface area contributed by atoms with Crippen molar-refractivity contribution in [3.05, 3.63) is 60.5 Å². The maximum absolute atomic E-state index is 14.4. The van der Waals surface area contributed by atoms with Gasteiger partial charge >= 0.3 is 0 Å². The van der Waals surface area contributed by atoms with Crippen LogP contribution in [0, 0.1) is 5.82 Å². The molecule has 1 saturated heterocycles. The molecule has 2 aromatic carbocycles. The lowest BCUT2D eigenvalue weighted by molar-refractivity contribution is -0.117. The van der Waals surface area contributed by atoms with Gasteiger partial charge in [0.05, 0.1) is 19.4 Å². The van der Waals surface area contributed by atoms with Crippen molar-refractivity contribution in [3.8, 4) is 5.75 Å². The van der Waals surface area contributed by atoms with Crippen molar-refractivity contribution in [2.45, 2.75) is 45.0 Å². The second-order valence-electron chi connectivity index (χ2n) is 10.5. The molecule has 11 heteroatoms. The van der Waals surface area contributed by atoms with Crippen LogP contribution >= 0.6 is 0 Å². The minimum Gasteiger partial charge on any atom is -0.491 e. The molecule has 9 nitrogen and oxygen atoms in total. The molecule has 2 heterocycles. The van der Waals surface area contributed by atoms with Gasteiger partial charge in [0.1, 0.15) is 12.4 Å². The van der Waals surface area contributed by atoms with Crippen LogP contribution in [0.1, 0.15) is 20.8 Å². The van der Waals surface area contributed by atoms with Crippen LogP contribution in [0.5, 0.6) is 5.75 Å². The zero-order valence-electron chi connectivity index (χ0n) is 22.3. The summed E-state index contributed by atoms with van der Waals surface area (Å²) in [4.78, 5) is 20.2. The second-order valence-corrected chi connectivity index (χ2v) is 15.3. The number of epoxide rings is 1. The third kappa shape index (κ3) is 7.50. The first kappa shape index (κ1) is 27.5. The summed E-state index contributed by atoms with van der Waals surface area (Å²) in [6.07, 6.45) is 0.690. The van der Waals surface area contributed by atoms with Crippen LogP contribution < -0.4 is 20.7 Å². The SMILES string of the molecule is CC(C)(C)[Si](C)(C)OCCOc1ccc(Nc2ncc(F)c(Nc3cccc(NC(=O)C4CO4)c3)n2)cc1. The van der Waals surface area contributed by atoms with Crippen molar-refractivity contribution in [3.63, 3.8) is 0 Å². The highest BCUT2D eigenvalue weighted by atomic mass is 28.4. The molecule has 0 bridgehead atoms. The minimum atomic E-state index is -1.80. The fraction of sp³-hybridized carbons (Fsp3) is 0.370. The summed E-state index contributed by atoms with van der Waals surface area (Å²) in [6, 6.07) is 14.3. The van der Waals surface area contributed by atoms with Crippen molar-refractivity contribution >= 4 is 43.1 Å². The average Bonchev–Trinajstić information content (AvgIpc) is 3.70. The monoisotopic (exact) mass is 539 g/mol. The van der Waals surface area contributed by atoms with Crippen LogP contribution in [0.3, 0.4) is 0 Å². The zero-order chi connectivity index (χ0) is 27.3. The number of halogens is 1. The summed E-state index contributed by atoms with van der Waals surface area (Å²) < 4.78 is 31.4. The number of hydrogen-bond acceptors (Lipinski definition) is 8. The first-order valence-electron chi connectivity index (χ1n) is 12.5. The molecule has 1 aliphatic heterocycles. The number of aromatic nitrogens is 2. The molecule has 0 radical (unpaired) electrons. The fourth-order valence-corrected chi connectivity index (χ4v) is 4.21. The lowest BCUT2D eigenvalue weighted by Gasteiger charge is -2.36. The number of nitrogens with zero attached hydrogens (tertiary/aromatic N) is 2. The van der Waals surface area contributed by atoms with Crippen molar-refractivity contribution in [1.29, 1.82) is 0 Å². The Hall–Kier alpha value is -3.54. The smallest absolute Gasteiger partial charge is 0.255 e. The topological polar surface area (TPSA) is 110 Å². The number of rotatable bonds is 11. The van der Waals surface area contributed by atoms with E-state index >= 15 is 0 Å². The van der Waals surface area contributed by atoms with Gasteiger partial charge in [-0.3, -0.25) is 4.79 Å². The third-order valence-electron chi connectivity index (χ3n) is 6.49. The number of nitrogens with one attached hydrogen (secondary N) is 3. The molecule has 1 fully saturated rings. The van der Waals surface area contributed by atoms with E-state index in [9.17, 15) is 9.18 Å². The van der Waals surface area contributed by atoms with Gasteiger partial charge in [0.15, 0.2) is 26.1 Å². The van der Waals surface area contributed by atoms with Gasteiger partial charge in [-0.1, -0.05) is 26.8 Å². The molecule has 1 unspecified atom stereocenters. The molecule has 3 N–H and O–H groups in total. The molecule has 3 aromatic rings. The second kappa shape index (κ2) is 11.5. The molecule has 4 rings (SSSR count). The van der Waals surface area contributed by atoms with Gasteiger partial charge in [-0.25, -0.2) is 9.37 Å². The molecule has 1 amide bonds. The van der Waals surface area contributed by atoms with E-state index in [-0.39, 0.29) is 22.7 Å². The molecular formula is C27H34FN5O4Si. The number of anilines is 5. The number of hydrogen-bond donors (Lipinski definition) is 3. The molecule has 38 heavy (non-hydrogen) atoms. The quantitative estimate of drug-likeness (QED) is 0.158. The van der Waals surface area contributed by atoms with Crippen molar-refractivity contribution in [2.24, 2.45) is 0 Å². The van der Waals surface area contributed by atoms with Crippen LogP contribution in [0.2, 0.25) is 18.1 Å². The Morgan fingerprint density at radius 3 is 2.47 bits per heavy atom. The van der Waals surface area contributed by atoms with E-state index in [4.69, 9.17) is 13.9 Å². The zero-order valence-corrected chi connectivity index (χ0v) is 23.3. The lowest BCUT2D eigenvalue weighted by atomic mass is 10.2. The number of ether oxygens (including phenoxy) is 2. The molecule has 202 valence electrons. The number of amides is 1. The Kier molecular flexibility index (Phi) is 8.29. The molecule has 1 aliphatic rings. The Labute approximate surface area is 223 Å². The normalized spacial score (nSPS) is 15.1. The Balaban J connectivity index is 1.32. The summed E-state index contributed by atoms with van der Waals surface area (Å²) in [6.45, 7) is 12.5. The summed E-state index contributed by atoms with van der Waals surface area (Å²) in [5, 5.41) is 8.93. The van der Waals surface area contributed by atoms with E-state index in [1.54, 1.807) is 24.3 Å². The molecule has 0 aliphatic carbocycles. The highest BCUT2D eigenvalue weighted by Crippen LogP contribution is 2.36. The Morgan fingerprint density at radius 2 is 1.79 bits per heavy atom. The van der Waals surface area contributed by atoms with E-state index in [0.717, 1.165) is 17.6 Å².